The monoisotopic (exact) mass is 543 g/mol. The van der Waals surface area contributed by atoms with Crippen molar-refractivity contribution in [1.29, 1.82) is 0 Å². The van der Waals surface area contributed by atoms with Gasteiger partial charge in [-0.15, -0.1) is 24.0 Å². The number of furan rings is 1. The number of benzene rings is 1. The predicted molar refractivity (Wildman–Crippen MR) is 133 cm³/mol. The second-order valence-corrected chi connectivity index (χ2v) is 7.43. The number of halogens is 1. The largest absolute Gasteiger partial charge is 0.493 e. The molecule has 31 heavy (non-hydrogen) atoms. The molecule has 0 atom stereocenters. The van der Waals surface area contributed by atoms with Gasteiger partial charge in [0.25, 0.3) is 0 Å². The van der Waals surface area contributed by atoms with Crippen LogP contribution in [0.3, 0.4) is 0 Å². The highest BCUT2D eigenvalue weighted by atomic mass is 127. The van der Waals surface area contributed by atoms with Gasteiger partial charge in [0, 0.05) is 19.0 Å². The number of methoxy groups -OCH3 is 3. The highest BCUT2D eigenvalue weighted by molar-refractivity contribution is 14.0. The number of rotatable bonds is 9. The van der Waals surface area contributed by atoms with E-state index in [9.17, 15) is 0 Å². The van der Waals surface area contributed by atoms with Crippen LogP contribution in [0, 0.1) is 0 Å². The van der Waals surface area contributed by atoms with Crippen molar-refractivity contribution in [2.45, 2.75) is 51.1 Å². The fraction of sp³-hybridized carbons (Fsp3) is 0.522. The Morgan fingerprint density at radius 2 is 1.77 bits per heavy atom. The van der Waals surface area contributed by atoms with E-state index >= 15 is 0 Å². The Balaban J connectivity index is 0.00000341. The van der Waals surface area contributed by atoms with Gasteiger partial charge in [0.1, 0.15) is 5.76 Å². The second-order valence-electron chi connectivity index (χ2n) is 7.43. The molecule has 1 aromatic heterocycles. The summed E-state index contributed by atoms with van der Waals surface area (Å²) in [6.07, 6.45) is 8.74. The summed E-state index contributed by atoms with van der Waals surface area (Å²) in [5, 5.41) is 7.05. The minimum Gasteiger partial charge on any atom is -0.493 e. The van der Waals surface area contributed by atoms with E-state index in [0.29, 0.717) is 29.8 Å². The van der Waals surface area contributed by atoms with Crippen molar-refractivity contribution >= 4 is 29.9 Å². The molecule has 0 saturated heterocycles. The van der Waals surface area contributed by atoms with Crippen molar-refractivity contribution < 1.29 is 18.6 Å². The normalized spacial score (nSPS) is 14.5. The molecule has 0 amide bonds. The predicted octanol–water partition coefficient (Wildman–Crippen LogP) is 4.53. The van der Waals surface area contributed by atoms with Crippen LogP contribution in [-0.4, -0.2) is 39.9 Å². The van der Waals surface area contributed by atoms with Gasteiger partial charge in [-0.2, -0.15) is 0 Å². The lowest BCUT2D eigenvalue weighted by Crippen LogP contribution is -2.44. The third-order valence-corrected chi connectivity index (χ3v) is 5.33. The van der Waals surface area contributed by atoms with Crippen LogP contribution < -0.4 is 24.8 Å². The summed E-state index contributed by atoms with van der Waals surface area (Å²) in [4.78, 5) is 4.83. The minimum atomic E-state index is 0. The summed E-state index contributed by atoms with van der Waals surface area (Å²) >= 11 is 0. The zero-order valence-electron chi connectivity index (χ0n) is 18.6. The van der Waals surface area contributed by atoms with Crippen LogP contribution in [0.4, 0.5) is 0 Å². The molecule has 2 aromatic rings. The number of hydrogen-bond acceptors (Lipinski definition) is 5. The van der Waals surface area contributed by atoms with Gasteiger partial charge < -0.3 is 29.3 Å². The topological polar surface area (TPSA) is 77.2 Å². The van der Waals surface area contributed by atoms with Gasteiger partial charge >= 0.3 is 0 Å². The molecular weight excluding hydrogens is 509 g/mol. The van der Waals surface area contributed by atoms with E-state index in [1.165, 1.54) is 32.1 Å². The average Bonchev–Trinajstić information content (AvgIpc) is 3.30. The third-order valence-electron chi connectivity index (χ3n) is 5.33. The smallest absolute Gasteiger partial charge is 0.203 e. The Kier molecular flexibility index (Phi) is 10.8. The standard InChI is InChI=1S/C23H33N3O4.HI/c1-27-20-14-17(15-21(28-2)22(20)29-3)16-25-23(26-18-8-5-4-6-9-18)24-12-11-19-10-7-13-30-19;/h7,10,13-15,18H,4-6,8-9,11-12,16H2,1-3H3,(H2,24,25,26);1H. The fourth-order valence-electron chi connectivity index (χ4n) is 3.75. The van der Waals surface area contributed by atoms with Gasteiger partial charge in [-0.3, -0.25) is 0 Å². The van der Waals surface area contributed by atoms with E-state index in [1.807, 2.05) is 24.3 Å². The number of hydrogen-bond donors (Lipinski definition) is 2. The first-order chi connectivity index (χ1) is 14.7. The Bertz CT molecular complexity index is 780. The van der Waals surface area contributed by atoms with Crippen LogP contribution in [0.1, 0.15) is 43.4 Å². The van der Waals surface area contributed by atoms with Crippen LogP contribution in [0.5, 0.6) is 17.2 Å². The highest BCUT2D eigenvalue weighted by Gasteiger charge is 2.16. The molecule has 1 saturated carbocycles. The molecule has 0 spiro atoms. The van der Waals surface area contributed by atoms with Gasteiger partial charge in [0.15, 0.2) is 17.5 Å². The Morgan fingerprint density at radius 3 is 2.35 bits per heavy atom. The molecule has 1 aromatic carbocycles. The first-order valence-corrected chi connectivity index (χ1v) is 10.6. The maximum Gasteiger partial charge on any atom is 0.203 e. The van der Waals surface area contributed by atoms with E-state index in [2.05, 4.69) is 10.6 Å². The number of aliphatic imine (C=N–C) groups is 1. The summed E-state index contributed by atoms with van der Waals surface area (Å²) in [5.41, 5.74) is 0.986. The number of nitrogens with one attached hydrogen (secondary N) is 2. The lowest BCUT2D eigenvalue weighted by atomic mass is 9.96. The van der Waals surface area contributed by atoms with Crippen molar-refractivity contribution in [3.8, 4) is 17.2 Å². The Labute approximate surface area is 202 Å². The van der Waals surface area contributed by atoms with E-state index < -0.39 is 0 Å². The van der Waals surface area contributed by atoms with Gasteiger partial charge in [-0.25, -0.2) is 4.99 Å². The minimum absolute atomic E-state index is 0. The zero-order chi connectivity index (χ0) is 21.2. The molecule has 0 aliphatic heterocycles. The van der Waals surface area contributed by atoms with Gasteiger partial charge in [-0.05, 0) is 42.7 Å². The maximum atomic E-state index is 5.46. The summed E-state index contributed by atoms with van der Waals surface area (Å²) in [5.74, 6) is 3.64. The van der Waals surface area contributed by atoms with E-state index in [0.717, 1.165) is 30.2 Å². The molecule has 0 unspecified atom stereocenters. The zero-order valence-corrected chi connectivity index (χ0v) is 20.9. The molecule has 1 aliphatic carbocycles. The average molecular weight is 543 g/mol. The Hall–Kier alpha value is -2.10. The van der Waals surface area contributed by atoms with Crippen LogP contribution >= 0.6 is 24.0 Å². The fourth-order valence-corrected chi connectivity index (χ4v) is 3.75. The molecule has 1 aliphatic rings. The summed E-state index contributed by atoms with van der Waals surface area (Å²) < 4.78 is 21.8. The molecule has 1 fully saturated rings. The van der Waals surface area contributed by atoms with E-state index in [-0.39, 0.29) is 24.0 Å². The van der Waals surface area contributed by atoms with E-state index in [1.54, 1.807) is 27.6 Å². The first kappa shape index (κ1) is 25.2. The quantitative estimate of drug-likeness (QED) is 0.275. The van der Waals surface area contributed by atoms with E-state index in [4.69, 9.17) is 23.6 Å². The summed E-state index contributed by atoms with van der Waals surface area (Å²) in [6.45, 7) is 1.25. The first-order valence-electron chi connectivity index (χ1n) is 10.6. The molecule has 172 valence electrons. The number of guanidine groups is 1. The number of nitrogens with zero attached hydrogens (tertiary/aromatic N) is 1. The molecule has 3 rings (SSSR count). The van der Waals surface area contributed by atoms with Crippen molar-refractivity contribution in [1.82, 2.24) is 10.6 Å². The van der Waals surface area contributed by atoms with Crippen molar-refractivity contribution in [3.05, 3.63) is 41.9 Å². The summed E-state index contributed by atoms with van der Waals surface area (Å²) in [6, 6.07) is 8.24. The molecule has 7 nitrogen and oxygen atoms in total. The molecule has 0 bridgehead atoms. The molecule has 8 heteroatoms. The highest BCUT2D eigenvalue weighted by Crippen LogP contribution is 2.38. The van der Waals surface area contributed by atoms with Crippen molar-refractivity contribution in [3.63, 3.8) is 0 Å². The maximum absolute atomic E-state index is 5.46. The summed E-state index contributed by atoms with van der Waals surface area (Å²) in [7, 11) is 4.85. The van der Waals surface area contributed by atoms with Gasteiger partial charge in [0.05, 0.1) is 34.1 Å². The molecular formula is C23H34IN3O4. The van der Waals surface area contributed by atoms with Crippen molar-refractivity contribution in [2.24, 2.45) is 4.99 Å². The SMILES string of the molecule is COc1cc(CN=C(NCCc2ccco2)NC2CCCCC2)cc(OC)c1OC.I. The third kappa shape index (κ3) is 7.52. The van der Waals surface area contributed by atoms with Gasteiger partial charge in [0.2, 0.25) is 5.75 Å². The van der Waals surface area contributed by atoms with Crippen LogP contribution in [0.2, 0.25) is 0 Å². The lowest BCUT2D eigenvalue weighted by molar-refractivity contribution is 0.324. The molecule has 0 radical (unpaired) electrons. The van der Waals surface area contributed by atoms with Gasteiger partial charge in [-0.1, -0.05) is 19.3 Å². The number of ether oxygens (including phenoxy) is 3. The lowest BCUT2D eigenvalue weighted by Gasteiger charge is -2.25. The van der Waals surface area contributed by atoms with Crippen LogP contribution in [-0.2, 0) is 13.0 Å². The molecule has 1 heterocycles. The van der Waals surface area contributed by atoms with Crippen LogP contribution in [0.15, 0.2) is 39.9 Å². The van der Waals surface area contributed by atoms with Crippen LogP contribution in [0.25, 0.3) is 0 Å². The second kappa shape index (κ2) is 13.3. The van der Waals surface area contributed by atoms with Crippen molar-refractivity contribution in [2.75, 3.05) is 27.9 Å². The Morgan fingerprint density at radius 1 is 1.06 bits per heavy atom. The molecule has 2 N–H and O–H groups in total.